The molecule has 0 aliphatic rings. The number of amides is 1. The summed E-state index contributed by atoms with van der Waals surface area (Å²) in [6, 6.07) is 0. The smallest absolute Gasteiger partial charge is 0.277 e. The van der Waals surface area contributed by atoms with Crippen LogP contribution in [0.25, 0.3) is 0 Å². The van der Waals surface area contributed by atoms with Crippen molar-refractivity contribution in [3.8, 4) is 0 Å². The Morgan fingerprint density at radius 1 is 1.14 bits per heavy atom. The van der Waals surface area contributed by atoms with Gasteiger partial charge in [0.2, 0.25) is 0 Å². The van der Waals surface area contributed by atoms with Gasteiger partial charge >= 0.3 is 0 Å². The van der Waals surface area contributed by atoms with Gasteiger partial charge in [-0.3, -0.25) is 9.48 Å². The highest BCUT2D eigenvalue weighted by Crippen LogP contribution is 2.31. The third-order valence-corrected chi connectivity index (χ3v) is 3.72. The number of rotatable bonds is 2. The van der Waals surface area contributed by atoms with Crippen molar-refractivity contribution in [3.63, 3.8) is 0 Å². The van der Waals surface area contributed by atoms with Crippen LogP contribution in [0.4, 0.5) is 23.2 Å². The lowest BCUT2D eigenvalue weighted by Gasteiger charge is -2.09. The number of aryl methyl sites for hydroxylation is 1. The first-order valence-electron chi connectivity index (χ1n) is 5.26. The molecular formula is C11H5Br2F4N3O. The predicted octanol–water partition coefficient (Wildman–Crippen LogP) is 3.75. The van der Waals surface area contributed by atoms with E-state index in [1.807, 2.05) is 0 Å². The molecule has 112 valence electrons. The summed E-state index contributed by atoms with van der Waals surface area (Å²) < 4.78 is 54.5. The van der Waals surface area contributed by atoms with Gasteiger partial charge in [-0.05, 0) is 31.9 Å². The summed E-state index contributed by atoms with van der Waals surface area (Å²) >= 11 is 5.40. The maximum atomic E-state index is 13.6. The van der Waals surface area contributed by atoms with Crippen molar-refractivity contribution in [2.24, 2.45) is 7.05 Å². The number of nitrogens with one attached hydrogen (secondary N) is 1. The molecule has 0 aliphatic heterocycles. The van der Waals surface area contributed by atoms with E-state index in [-0.39, 0.29) is 10.2 Å². The summed E-state index contributed by atoms with van der Waals surface area (Å²) in [5.41, 5.74) is -1.42. The van der Waals surface area contributed by atoms with Crippen LogP contribution in [0.15, 0.2) is 15.1 Å². The Labute approximate surface area is 132 Å². The van der Waals surface area contributed by atoms with Gasteiger partial charge in [-0.15, -0.1) is 0 Å². The van der Waals surface area contributed by atoms with Crippen LogP contribution in [0.1, 0.15) is 10.5 Å². The Bertz CT molecular complexity index is 719. The Hall–Kier alpha value is -1.42. The van der Waals surface area contributed by atoms with E-state index in [9.17, 15) is 22.4 Å². The van der Waals surface area contributed by atoms with Crippen molar-refractivity contribution >= 4 is 43.5 Å². The van der Waals surface area contributed by atoms with Crippen LogP contribution >= 0.6 is 31.9 Å². The van der Waals surface area contributed by atoms with Gasteiger partial charge in [0.15, 0.2) is 29.0 Å². The second-order valence-corrected chi connectivity index (χ2v) is 5.55. The number of anilines is 1. The Kier molecular flexibility index (Phi) is 4.38. The second-order valence-electron chi connectivity index (χ2n) is 3.90. The minimum Gasteiger partial charge on any atom is -0.315 e. The monoisotopic (exact) mass is 429 g/mol. The number of hydrogen-bond donors (Lipinski definition) is 1. The average Bonchev–Trinajstić information content (AvgIpc) is 2.78. The number of nitrogens with zero attached hydrogens (tertiary/aromatic N) is 2. The van der Waals surface area contributed by atoms with Crippen molar-refractivity contribution < 1.29 is 22.4 Å². The summed E-state index contributed by atoms with van der Waals surface area (Å²) in [6.45, 7) is 0. The van der Waals surface area contributed by atoms with Crippen LogP contribution in [0.5, 0.6) is 0 Å². The summed E-state index contributed by atoms with van der Waals surface area (Å²) in [6.07, 6.45) is 1.42. The van der Waals surface area contributed by atoms with Gasteiger partial charge in [0, 0.05) is 13.2 Å². The molecule has 0 atom stereocenters. The molecule has 1 aromatic heterocycles. The quantitative estimate of drug-likeness (QED) is 0.448. The van der Waals surface area contributed by atoms with Crippen molar-refractivity contribution in [2.75, 3.05) is 5.32 Å². The van der Waals surface area contributed by atoms with Gasteiger partial charge in [0.05, 0.1) is 8.95 Å². The standard InChI is InChI=1S/C11H5Br2F4N3O/c1-20-2-3(12)9(19-20)11(21)18-10-7(16)5(14)4(13)6(15)8(10)17/h2H,1H3,(H,18,21). The molecule has 0 radical (unpaired) electrons. The lowest BCUT2D eigenvalue weighted by Crippen LogP contribution is -2.17. The van der Waals surface area contributed by atoms with Crippen LogP contribution in [-0.2, 0) is 7.05 Å². The van der Waals surface area contributed by atoms with Crippen molar-refractivity contribution in [2.45, 2.75) is 0 Å². The molecule has 0 unspecified atom stereocenters. The molecule has 0 saturated heterocycles. The van der Waals surface area contributed by atoms with Crippen LogP contribution in [0.2, 0.25) is 0 Å². The molecule has 4 nitrogen and oxygen atoms in total. The molecule has 2 rings (SSSR count). The van der Waals surface area contributed by atoms with E-state index in [0.29, 0.717) is 0 Å². The zero-order chi connectivity index (χ0) is 15.9. The highest BCUT2D eigenvalue weighted by atomic mass is 79.9. The van der Waals surface area contributed by atoms with Gasteiger partial charge in [-0.2, -0.15) is 5.10 Å². The highest BCUT2D eigenvalue weighted by Gasteiger charge is 2.26. The molecule has 0 fully saturated rings. The third kappa shape index (κ3) is 2.82. The minimum absolute atomic E-state index is 0.194. The van der Waals surface area contributed by atoms with Gasteiger partial charge in [0.25, 0.3) is 5.91 Å². The molecular weight excluding hydrogens is 426 g/mol. The minimum atomic E-state index is -1.72. The van der Waals surface area contributed by atoms with Gasteiger partial charge in [-0.25, -0.2) is 17.6 Å². The fourth-order valence-corrected chi connectivity index (χ4v) is 2.40. The first-order valence-corrected chi connectivity index (χ1v) is 6.84. The molecule has 1 amide bonds. The molecule has 2 aromatic rings. The summed E-state index contributed by atoms with van der Waals surface area (Å²) in [4.78, 5) is 11.9. The topological polar surface area (TPSA) is 46.9 Å². The van der Waals surface area contributed by atoms with E-state index in [1.165, 1.54) is 17.9 Å². The number of aromatic nitrogens is 2. The van der Waals surface area contributed by atoms with Crippen LogP contribution in [-0.4, -0.2) is 15.7 Å². The lowest BCUT2D eigenvalue weighted by atomic mass is 10.2. The first kappa shape index (κ1) is 16.0. The second kappa shape index (κ2) is 5.76. The zero-order valence-electron chi connectivity index (χ0n) is 10.1. The van der Waals surface area contributed by atoms with E-state index in [1.54, 1.807) is 5.32 Å². The van der Waals surface area contributed by atoms with Crippen molar-refractivity contribution in [1.82, 2.24) is 9.78 Å². The number of benzene rings is 1. The van der Waals surface area contributed by atoms with E-state index >= 15 is 0 Å². The van der Waals surface area contributed by atoms with E-state index < -0.39 is 39.3 Å². The molecule has 1 heterocycles. The van der Waals surface area contributed by atoms with Crippen LogP contribution in [0.3, 0.4) is 0 Å². The molecule has 0 saturated carbocycles. The normalized spacial score (nSPS) is 10.8. The number of hydrogen-bond acceptors (Lipinski definition) is 2. The SMILES string of the molecule is Cn1cc(Br)c(C(=O)Nc2c(F)c(F)c(Br)c(F)c2F)n1. The average molecular weight is 431 g/mol. The Balaban J connectivity index is 2.45. The highest BCUT2D eigenvalue weighted by molar-refractivity contribution is 9.10. The molecule has 1 N–H and O–H groups in total. The molecule has 0 aliphatic carbocycles. The largest absolute Gasteiger partial charge is 0.315 e. The zero-order valence-corrected chi connectivity index (χ0v) is 13.3. The number of halogens is 6. The summed E-state index contributed by atoms with van der Waals surface area (Å²) in [5, 5.41) is 5.51. The van der Waals surface area contributed by atoms with E-state index in [2.05, 4.69) is 37.0 Å². The fraction of sp³-hybridized carbons (Fsp3) is 0.0909. The summed E-state index contributed by atoms with van der Waals surface area (Å²) in [7, 11) is 1.52. The molecule has 0 bridgehead atoms. The van der Waals surface area contributed by atoms with Gasteiger partial charge in [-0.1, -0.05) is 0 Å². The third-order valence-electron chi connectivity index (χ3n) is 2.45. The van der Waals surface area contributed by atoms with Crippen LogP contribution in [0, 0.1) is 23.3 Å². The molecule has 10 heteroatoms. The van der Waals surface area contributed by atoms with Gasteiger partial charge in [0.1, 0.15) is 5.69 Å². The van der Waals surface area contributed by atoms with E-state index in [0.717, 1.165) is 0 Å². The molecule has 21 heavy (non-hydrogen) atoms. The Morgan fingerprint density at radius 3 is 2.10 bits per heavy atom. The molecule has 1 aromatic carbocycles. The van der Waals surface area contributed by atoms with Crippen molar-refractivity contribution in [3.05, 3.63) is 44.1 Å². The molecule has 0 spiro atoms. The predicted molar refractivity (Wildman–Crippen MR) is 72.8 cm³/mol. The fourth-order valence-electron chi connectivity index (χ4n) is 1.50. The van der Waals surface area contributed by atoms with Crippen molar-refractivity contribution in [1.29, 1.82) is 0 Å². The maximum absolute atomic E-state index is 13.6. The van der Waals surface area contributed by atoms with Gasteiger partial charge < -0.3 is 5.32 Å². The number of carbonyl (C=O) groups excluding carboxylic acids is 1. The maximum Gasteiger partial charge on any atom is 0.277 e. The van der Waals surface area contributed by atoms with E-state index in [4.69, 9.17) is 0 Å². The number of carbonyl (C=O) groups is 1. The summed E-state index contributed by atoms with van der Waals surface area (Å²) in [5.74, 6) is -7.77. The Morgan fingerprint density at radius 2 is 1.67 bits per heavy atom. The first-order chi connectivity index (χ1) is 9.73. The lowest BCUT2D eigenvalue weighted by molar-refractivity contribution is 0.101. The van der Waals surface area contributed by atoms with Crippen LogP contribution < -0.4 is 5.32 Å².